The van der Waals surface area contributed by atoms with Crippen LogP contribution in [0.3, 0.4) is 0 Å². The van der Waals surface area contributed by atoms with Crippen LogP contribution in [-0.2, 0) is 9.84 Å². The van der Waals surface area contributed by atoms with Gasteiger partial charge in [0.1, 0.15) is 10.6 Å². The Balaban J connectivity index is 3.50. The van der Waals surface area contributed by atoms with Crippen molar-refractivity contribution in [2.45, 2.75) is 30.4 Å². The van der Waals surface area contributed by atoms with Crippen LogP contribution in [0.1, 0.15) is 20.8 Å². The maximum absolute atomic E-state index is 12.3. The van der Waals surface area contributed by atoms with E-state index < -0.39 is 14.6 Å². The minimum absolute atomic E-state index is 0.219. The van der Waals surface area contributed by atoms with Crippen molar-refractivity contribution in [1.82, 2.24) is 0 Å². The first-order valence-corrected chi connectivity index (χ1v) is 7.06. The third-order valence-corrected chi connectivity index (χ3v) is 5.23. The highest BCUT2D eigenvalue weighted by atomic mass is 79.9. The molecule has 0 radical (unpaired) electrons. The van der Waals surface area contributed by atoms with Gasteiger partial charge in [0.15, 0.2) is 9.84 Å². The van der Waals surface area contributed by atoms with Gasteiger partial charge in [-0.25, -0.2) is 8.42 Å². The third-order valence-electron chi connectivity index (χ3n) is 2.22. The number of ether oxygens (including phenoxy) is 1. The predicted molar refractivity (Wildman–Crippen MR) is 67.6 cm³/mol. The van der Waals surface area contributed by atoms with E-state index in [9.17, 15) is 8.42 Å². The Morgan fingerprint density at radius 1 is 1.25 bits per heavy atom. The molecule has 5 heteroatoms. The molecule has 90 valence electrons. The van der Waals surface area contributed by atoms with Crippen LogP contribution >= 0.6 is 15.9 Å². The van der Waals surface area contributed by atoms with E-state index in [4.69, 9.17) is 4.74 Å². The van der Waals surface area contributed by atoms with Gasteiger partial charge in [-0.15, -0.1) is 0 Å². The van der Waals surface area contributed by atoms with E-state index >= 15 is 0 Å². The zero-order valence-electron chi connectivity index (χ0n) is 9.74. The minimum Gasteiger partial charge on any atom is -0.495 e. The molecule has 0 atom stereocenters. The molecule has 1 rings (SSSR count). The van der Waals surface area contributed by atoms with Crippen molar-refractivity contribution < 1.29 is 13.2 Å². The van der Waals surface area contributed by atoms with Crippen molar-refractivity contribution in [2.24, 2.45) is 0 Å². The molecule has 0 aliphatic heterocycles. The number of halogens is 1. The van der Waals surface area contributed by atoms with E-state index in [1.54, 1.807) is 39.0 Å². The topological polar surface area (TPSA) is 43.4 Å². The average molecular weight is 307 g/mol. The van der Waals surface area contributed by atoms with Crippen molar-refractivity contribution in [3.05, 3.63) is 22.7 Å². The Morgan fingerprint density at radius 2 is 1.81 bits per heavy atom. The third kappa shape index (κ3) is 2.40. The first-order chi connectivity index (χ1) is 7.20. The molecule has 0 heterocycles. The van der Waals surface area contributed by atoms with Gasteiger partial charge in [0.2, 0.25) is 0 Å². The highest BCUT2D eigenvalue weighted by molar-refractivity contribution is 9.10. The number of rotatable bonds is 2. The van der Waals surface area contributed by atoms with Crippen LogP contribution in [-0.4, -0.2) is 20.3 Å². The highest BCUT2D eigenvalue weighted by Crippen LogP contribution is 2.33. The summed E-state index contributed by atoms with van der Waals surface area (Å²) >= 11 is 3.26. The van der Waals surface area contributed by atoms with E-state index in [0.717, 1.165) is 4.47 Å². The maximum atomic E-state index is 12.3. The summed E-state index contributed by atoms with van der Waals surface area (Å²) in [6, 6.07) is 4.96. The van der Waals surface area contributed by atoms with Gasteiger partial charge in [0.25, 0.3) is 0 Å². The molecule has 16 heavy (non-hydrogen) atoms. The first kappa shape index (κ1) is 13.5. The maximum Gasteiger partial charge on any atom is 0.186 e. The largest absolute Gasteiger partial charge is 0.495 e. The van der Waals surface area contributed by atoms with E-state index in [2.05, 4.69) is 15.9 Å². The molecule has 0 saturated carbocycles. The van der Waals surface area contributed by atoms with Gasteiger partial charge < -0.3 is 4.74 Å². The zero-order valence-corrected chi connectivity index (χ0v) is 12.1. The SMILES string of the molecule is COc1ccc(Br)cc1S(=O)(=O)C(C)(C)C. The minimum atomic E-state index is -3.40. The van der Waals surface area contributed by atoms with Crippen molar-refractivity contribution >= 4 is 25.8 Å². The summed E-state index contributed by atoms with van der Waals surface area (Å²) in [6.45, 7) is 5.01. The van der Waals surface area contributed by atoms with Gasteiger partial charge >= 0.3 is 0 Å². The second-order valence-corrected chi connectivity index (χ2v) is 8.00. The van der Waals surface area contributed by atoms with Crippen LogP contribution in [0.15, 0.2) is 27.6 Å². The lowest BCUT2D eigenvalue weighted by Gasteiger charge is -2.21. The number of methoxy groups -OCH3 is 1. The molecule has 0 saturated heterocycles. The number of hydrogen-bond acceptors (Lipinski definition) is 3. The number of sulfone groups is 1. The van der Waals surface area contributed by atoms with Crippen molar-refractivity contribution in [3.8, 4) is 5.75 Å². The van der Waals surface area contributed by atoms with Crippen molar-refractivity contribution in [2.75, 3.05) is 7.11 Å². The predicted octanol–water partition coefficient (Wildman–Crippen LogP) is 3.03. The molecule has 0 aromatic heterocycles. The molecule has 0 aliphatic rings. The average Bonchev–Trinajstić information content (AvgIpc) is 2.16. The lowest BCUT2D eigenvalue weighted by molar-refractivity contribution is 0.401. The van der Waals surface area contributed by atoms with Gasteiger partial charge in [-0.1, -0.05) is 15.9 Å². The normalized spacial score (nSPS) is 12.6. The number of hydrogen-bond donors (Lipinski definition) is 0. The van der Waals surface area contributed by atoms with Crippen LogP contribution in [0.4, 0.5) is 0 Å². The second-order valence-electron chi connectivity index (χ2n) is 4.41. The molecule has 0 N–H and O–H groups in total. The van der Waals surface area contributed by atoms with Gasteiger partial charge in [0, 0.05) is 4.47 Å². The zero-order chi connectivity index (χ0) is 12.6. The second kappa shape index (κ2) is 4.37. The fraction of sp³-hybridized carbons (Fsp3) is 0.455. The molecular weight excluding hydrogens is 292 g/mol. The van der Waals surface area contributed by atoms with Crippen LogP contribution < -0.4 is 4.74 Å². The lowest BCUT2D eigenvalue weighted by Crippen LogP contribution is -2.28. The number of benzene rings is 1. The Labute approximate surface area is 105 Å². The molecule has 0 amide bonds. The summed E-state index contributed by atoms with van der Waals surface area (Å²) in [4.78, 5) is 0.219. The fourth-order valence-electron chi connectivity index (χ4n) is 1.19. The van der Waals surface area contributed by atoms with E-state index in [-0.39, 0.29) is 4.90 Å². The fourth-order valence-corrected chi connectivity index (χ4v) is 3.06. The molecule has 0 unspecified atom stereocenters. The van der Waals surface area contributed by atoms with Gasteiger partial charge in [-0.2, -0.15) is 0 Å². The van der Waals surface area contributed by atoms with E-state index in [1.807, 2.05) is 0 Å². The molecule has 1 aromatic rings. The Morgan fingerprint density at radius 3 is 2.25 bits per heavy atom. The standard InChI is InChI=1S/C11H15BrO3S/c1-11(2,3)16(13,14)10-7-8(12)5-6-9(10)15-4/h5-7H,1-4H3. The summed E-state index contributed by atoms with van der Waals surface area (Å²) in [6.07, 6.45) is 0. The molecule has 0 spiro atoms. The monoisotopic (exact) mass is 306 g/mol. The Bertz CT molecular complexity index is 486. The smallest absolute Gasteiger partial charge is 0.186 e. The van der Waals surface area contributed by atoms with Crippen LogP contribution in [0.5, 0.6) is 5.75 Å². The Kier molecular flexibility index (Phi) is 3.69. The van der Waals surface area contributed by atoms with Crippen molar-refractivity contribution in [1.29, 1.82) is 0 Å². The lowest BCUT2D eigenvalue weighted by atomic mass is 10.3. The molecule has 0 aliphatic carbocycles. The van der Waals surface area contributed by atoms with Crippen LogP contribution in [0, 0.1) is 0 Å². The quantitative estimate of drug-likeness (QED) is 0.843. The van der Waals surface area contributed by atoms with E-state index in [1.165, 1.54) is 7.11 Å². The summed E-state index contributed by atoms with van der Waals surface area (Å²) in [5.74, 6) is 0.373. The molecule has 0 bridgehead atoms. The molecule has 1 aromatic carbocycles. The van der Waals surface area contributed by atoms with Crippen LogP contribution in [0.25, 0.3) is 0 Å². The summed E-state index contributed by atoms with van der Waals surface area (Å²) in [5, 5.41) is 0. The van der Waals surface area contributed by atoms with Crippen LogP contribution in [0.2, 0.25) is 0 Å². The van der Waals surface area contributed by atoms with Gasteiger partial charge in [-0.3, -0.25) is 0 Å². The summed E-state index contributed by atoms with van der Waals surface area (Å²) in [5.41, 5.74) is 0. The van der Waals surface area contributed by atoms with Crippen molar-refractivity contribution in [3.63, 3.8) is 0 Å². The summed E-state index contributed by atoms with van der Waals surface area (Å²) < 4.78 is 29.5. The highest BCUT2D eigenvalue weighted by Gasteiger charge is 2.33. The molecular formula is C11H15BrO3S. The Hall–Kier alpha value is -0.550. The first-order valence-electron chi connectivity index (χ1n) is 4.78. The molecule has 3 nitrogen and oxygen atoms in total. The van der Waals surface area contributed by atoms with Gasteiger partial charge in [-0.05, 0) is 39.0 Å². The van der Waals surface area contributed by atoms with E-state index in [0.29, 0.717) is 5.75 Å². The van der Waals surface area contributed by atoms with Gasteiger partial charge in [0.05, 0.1) is 11.9 Å². The molecule has 0 fully saturated rings. The summed E-state index contributed by atoms with van der Waals surface area (Å²) in [7, 11) is -1.93.